The second kappa shape index (κ2) is 9.21. The van der Waals surface area contributed by atoms with E-state index in [4.69, 9.17) is 5.73 Å². The Morgan fingerprint density at radius 3 is 2.35 bits per heavy atom. The molecule has 2 aromatic carbocycles. The van der Waals surface area contributed by atoms with E-state index in [1.807, 2.05) is 43.3 Å². The van der Waals surface area contributed by atoms with Gasteiger partial charge < -0.3 is 11.1 Å². The zero-order valence-corrected chi connectivity index (χ0v) is 14.5. The summed E-state index contributed by atoms with van der Waals surface area (Å²) in [6.45, 7) is 4.14. The van der Waals surface area contributed by atoms with Gasteiger partial charge in [-0.2, -0.15) is 0 Å². The van der Waals surface area contributed by atoms with Crippen molar-refractivity contribution in [3.05, 3.63) is 65.2 Å². The van der Waals surface area contributed by atoms with Crippen molar-refractivity contribution in [2.75, 3.05) is 5.73 Å². The molecule has 4 heteroatoms. The van der Waals surface area contributed by atoms with Gasteiger partial charge in [0.1, 0.15) is 0 Å². The lowest BCUT2D eigenvalue weighted by molar-refractivity contribution is -0.121. The Balaban J connectivity index is 0.00000264. The molecule has 0 aromatic heterocycles. The molecule has 0 radical (unpaired) electrons. The molecule has 3 N–H and O–H groups in total. The van der Waals surface area contributed by atoms with Gasteiger partial charge in [-0.1, -0.05) is 42.5 Å². The van der Waals surface area contributed by atoms with Crippen LogP contribution in [0.3, 0.4) is 0 Å². The number of amides is 1. The molecule has 0 spiro atoms. The van der Waals surface area contributed by atoms with Crippen molar-refractivity contribution in [1.29, 1.82) is 0 Å². The molecule has 0 fully saturated rings. The molecule has 3 nitrogen and oxygen atoms in total. The summed E-state index contributed by atoms with van der Waals surface area (Å²) >= 11 is 0. The third-order valence-corrected chi connectivity index (χ3v) is 3.87. The van der Waals surface area contributed by atoms with E-state index in [9.17, 15) is 4.79 Å². The lowest BCUT2D eigenvalue weighted by atomic mass is 10.0. The predicted octanol–water partition coefficient (Wildman–Crippen LogP) is 3.68. The fourth-order valence-corrected chi connectivity index (χ4v) is 2.58. The maximum atomic E-state index is 12.1. The number of carbonyl (C=O) groups is 1. The second-order valence-corrected chi connectivity index (χ2v) is 5.80. The number of benzene rings is 2. The molecule has 2 rings (SSSR count). The van der Waals surface area contributed by atoms with Gasteiger partial charge in [-0.3, -0.25) is 4.79 Å². The number of para-hydroxylation sites is 1. The average molecular weight is 333 g/mol. The summed E-state index contributed by atoms with van der Waals surface area (Å²) in [5, 5.41) is 3.07. The molecule has 0 aliphatic heterocycles. The summed E-state index contributed by atoms with van der Waals surface area (Å²) in [5.74, 6) is 0.0735. The highest BCUT2D eigenvalue weighted by Crippen LogP contribution is 2.13. The normalized spacial score (nSPS) is 11.4. The molecule has 0 aliphatic carbocycles. The van der Waals surface area contributed by atoms with Crippen LogP contribution in [-0.2, 0) is 17.6 Å². The van der Waals surface area contributed by atoms with E-state index in [1.165, 1.54) is 11.1 Å². The number of hydrogen-bond acceptors (Lipinski definition) is 2. The van der Waals surface area contributed by atoms with Gasteiger partial charge in [-0.05, 0) is 49.4 Å². The first-order valence-electron chi connectivity index (χ1n) is 7.73. The van der Waals surface area contributed by atoms with Crippen molar-refractivity contribution >= 4 is 24.0 Å². The van der Waals surface area contributed by atoms with E-state index in [1.54, 1.807) is 0 Å². The van der Waals surface area contributed by atoms with Crippen LogP contribution in [0.2, 0.25) is 0 Å². The number of halogens is 1. The van der Waals surface area contributed by atoms with E-state index < -0.39 is 0 Å². The summed E-state index contributed by atoms with van der Waals surface area (Å²) < 4.78 is 0. The number of carbonyl (C=O) groups excluding carboxylic acids is 1. The molecule has 124 valence electrons. The van der Waals surface area contributed by atoms with E-state index in [-0.39, 0.29) is 24.4 Å². The van der Waals surface area contributed by atoms with Gasteiger partial charge in [-0.25, -0.2) is 0 Å². The van der Waals surface area contributed by atoms with Crippen molar-refractivity contribution < 1.29 is 4.79 Å². The quantitative estimate of drug-likeness (QED) is 0.793. The molecule has 0 saturated heterocycles. The van der Waals surface area contributed by atoms with Crippen molar-refractivity contribution in [2.24, 2.45) is 0 Å². The maximum Gasteiger partial charge on any atom is 0.220 e. The Morgan fingerprint density at radius 2 is 1.70 bits per heavy atom. The summed E-state index contributed by atoms with van der Waals surface area (Å²) in [4.78, 5) is 12.1. The van der Waals surface area contributed by atoms with Crippen LogP contribution in [-0.4, -0.2) is 11.9 Å². The number of rotatable bonds is 6. The van der Waals surface area contributed by atoms with Crippen LogP contribution in [0.15, 0.2) is 48.5 Å². The third-order valence-electron chi connectivity index (χ3n) is 3.87. The molecule has 1 amide bonds. The highest BCUT2D eigenvalue weighted by molar-refractivity contribution is 5.85. The topological polar surface area (TPSA) is 55.1 Å². The van der Waals surface area contributed by atoms with Gasteiger partial charge in [0.2, 0.25) is 5.91 Å². The van der Waals surface area contributed by atoms with Crippen molar-refractivity contribution in [1.82, 2.24) is 5.32 Å². The SMILES string of the molecule is Cc1ccccc1CC(C)NC(=O)CCc1ccccc1N.Cl. The highest BCUT2D eigenvalue weighted by atomic mass is 35.5. The van der Waals surface area contributed by atoms with Gasteiger partial charge in [0, 0.05) is 18.2 Å². The van der Waals surface area contributed by atoms with Gasteiger partial charge in [0.05, 0.1) is 0 Å². The first-order chi connectivity index (χ1) is 10.6. The maximum absolute atomic E-state index is 12.1. The van der Waals surface area contributed by atoms with Crippen LogP contribution in [0.25, 0.3) is 0 Å². The smallest absolute Gasteiger partial charge is 0.220 e. The highest BCUT2D eigenvalue weighted by Gasteiger charge is 2.10. The molecule has 0 aliphatic rings. The van der Waals surface area contributed by atoms with Crippen LogP contribution < -0.4 is 11.1 Å². The molecule has 2 aromatic rings. The summed E-state index contributed by atoms with van der Waals surface area (Å²) in [6, 6.07) is 16.1. The second-order valence-electron chi connectivity index (χ2n) is 5.80. The molecule has 1 atom stereocenters. The molecule has 0 bridgehead atoms. The van der Waals surface area contributed by atoms with Crippen LogP contribution in [0.1, 0.15) is 30.0 Å². The van der Waals surface area contributed by atoms with Gasteiger partial charge in [-0.15, -0.1) is 12.4 Å². The predicted molar refractivity (Wildman–Crippen MR) is 98.9 cm³/mol. The Bertz CT molecular complexity index is 643. The molecular weight excluding hydrogens is 308 g/mol. The lowest BCUT2D eigenvalue weighted by Gasteiger charge is -2.15. The summed E-state index contributed by atoms with van der Waals surface area (Å²) in [6.07, 6.45) is 1.99. The minimum atomic E-state index is 0. The number of anilines is 1. The van der Waals surface area contributed by atoms with Crippen molar-refractivity contribution in [2.45, 2.75) is 39.2 Å². The molecule has 0 heterocycles. The fraction of sp³-hybridized carbons (Fsp3) is 0.316. The number of hydrogen-bond donors (Lipinski definition) is 2. The van der Waals surface area contributed by atoms with Crippen molar-refractivity contribution in [3.63, 3.8) is 0 Å². The number of nitrogen functional groups attached to an aromatic ring is 1. The lowest BCUT2D eigenvalue weighted by Crippen LogP contribution is -2.34. The fourth-order valence-electron chi connectivity index (χ4n) is 2.58. The number of aryl methyl sites for hydroxylation is 2. The Kier molecular flexibility index (Phi) is 7.63. The van der Waals surface area contributed by atoms with Crippen molar-refractivity contribution in [3.8, 4) is 0 Å². The molecular formula is C19H25ClN2O. The number of nitrogens with one attached hydrogen (secondary N) is 1. The van der Waals surface area contributed by atoms with E-state index in [0.29, 0.717) is 12.8 Å². The van der Waals surface area contributed by atoms with Gasteiger partial charge in [0.15, 0.2) is 0 Å². The van der Waals surface area contributed by atoms with E-state index in [0.717, 1.165) is 17.7 Å². The van der Waals surface area contributed by atoms with Gasteiger partial charge in [0.25, 0.3) is 0 Å². The van der Waals surface area contributed by atoms with Crippen LogP contribution in [0.4, 0.5) is 5.69 Å². The van der Waals surface area contributed by atoms with Crippen LogP contribution in [0.5, 0.6) is 0 Å². The summed E-state index contributed by atoms with van der Waals surface area (Å²) in [5.41, 5.74) is 10.2. The van der Waals surface area contributed by atoms with Gasteiger partial charge >= 0.3 is 0 Å². The van der Waals surface area contributed by atoms with E-state index >= 15 is 0 Å². The van der Waals surface area contributed by atoms with Crippen LogP contribution in [0, 0.1) is 6.92 Å². The minimum Gasteiger partial charge on any atom is -0.399 e. The summed E-state index contributed by atoms with van der Waals surface area (Å²) in [7, 11) is 0. The number of nitrogens with two attached hydrogens (primary N) is 1. The molecule has 1 unspecified atom stereocenters. The third kappa shape index (κ3) is 5.95. The zero-order chi connectivity index (χ0) is 15.9. The molecule has 0 saturated carbocycles. The Morgan fingerprint density at radius 1 is 1.09 bits per heavy atom. The monoisotopic (exact) mass is 332 g/mol. The average Bonchev–Trinajstić information content (AvgIpc) is 2.49. The Hall–Kier alpha value is -2.00. The molecule has 23 heavy (non-hydrogen) atoms. The standard InChI is InChI=1S/C19H24N2O.ClH/c1-14-7-3-4-9-17(14)13-15(2)21-19(22)12-11-16-8-5-6-10-18(16)20;/h3-10,15H,11-13,20H2,1-2H3,(H,21,22);1H. The van der Waals surface area contributed by atoms with E-state index in [2.05, 4.69) is 24.4 Å². The Labute approximate surface area is 144 Å². The van der Waals surface area contributed by atoms with Crippen LogP contribution >= 0.6 is 12.4 Å². The first kappa shape index (κ1) is 19.0. The zero-order valence-electron chi connectivity index (χ0n) is 13.7. The first-order valence-corrected chi connectivity index (χ1v) is 7.73. The largest absolute Gasteiger partial charge is 0.399 e. The minimum absolute atomic E-state index is 0.